The molecule has 0 bridgehead atoms. The number of anilines is 1. The van der Waals surface area contributed by atoms with Crippen molar-refractivity contribution in [3.63, 3.8) is 0 Å². The third-order valence-electron chi connectivity index (χ3n) is 6.90. The predicted molar refractivity (Wildman–Crippen MR) is 119 cm³/mol. The standard InChI is InChI=1S/C25H31N3O2/c1-29-22-7-5-6-20(18-22)25(19-26)12-10-21(11-13-25)27-14-16-28(17-15-27)23-8-3-4-9-24(23)30-2/h3-9,18,21H,10-17H2,1-2H3. The summed E-state index contributed by atoms with van der Waals surface area (Å²) in [6.07, 6.45) is 3.96. The normalized spacial score (nSPS) is 24.8. The molecule has 0 atom stereocenters. The second-order valence-corrected chi connectivity index (χ2v) is 8.35. The van der Waals surface area contributed by atoms with E-state index in [1.54, 1.807) is 14.2 Å². The molecule has 5 nitrogen and oxygen atoms in total. The van der Waals surface area contributed by atoms with Crippen molar-refractivity contribution in [3.05, 3.63) is 54.1 Å². The molecule has 0 spiro atoms. The van der Waals surface area contributed by atoms with E-state index in [1.807, 2.05) is 30.3 Å². The van der Waals surface area contributed by atoms with Gasteiger partial charge in [0, 0.05) is 32.2 Å². The van der Waals surface area contributed by atoms with E-state index in [2.05, 4.69) is 34.1 Å². The van der Waals surface area contributed by atoms with Gasteiger partial charge in [-0.3, -0.25) is 4.90 Å². The Morgan fingerprint density at radius 2 is 1.67 bits per heavy atom. The molecule has 0 N–H and O–H groups in total. The number of hydrogen-bond donors (Lipinski definition) is 0. The molecular weight excluding hydrogens is 374 g/mol. The summed E-state index contributed by atoms with van der Waals surface area (Å²) in [7, 11) is 3.42. The van der Waals surface area contributed by atoms with Crippen molar-refractivity contribution in [3.8, 4) is 17.6 Å². The topological polar surface area (TPSA) is 48.7 Å². The van der Waals surface area contributed by atoms with Crippen LogP contribution >= 0.6 is 0 Å². The van der Waals surface area contributed by atoms with E-state index in [0.29, 0.717) is 6.04 Å². The molecule has 158 valence electrons. The van der Waals surface area contributed by atoms with E-state index in [0.717, 1.165) is 68.9 Å². The van der Waals surface area contributed by atoms with Crippen LogP contribution < -0.4 is 14.4 Å². The lowest BCUT2D eigenvalue weighted by atomic mass is 9.69. The van der Waals surface area contributed by atoms with Crippen LogP contribution in [0.1, 0.15) is 31.2 Å². The quantitative estimate of drug-likeness (QED) is 0.745. The van der Waals surface area contributed by atoms with Crippen LogP contribution in [0.4, 0.5) is 5.69 Å². The Hall–Kier alpha value is -2.71. The zero-order chi connectivity index (χ0) is 21.0. The number of piperazine rings is 1. The molecule has 1 aliphatic heterocycles. The van der Waals surface area contributed by atoms with Crippen LogP contribution in [0.3, 0.4) is 0 Å². The van der Waals surface area contributed by atoms with Gasteiger partial charge in [0.1, 0.15) is 11.5 Å². The van der Waals surface area contributed by atoms with Gasteiger partial charge in [-0.25, -0.2) is 0 Å². The highest BCUT2D eigenvalue weighted by Crippen LogP contribution is 2.41. The molecule has 1 heterocycles. The summed E-state index contributed by atoms with van der Waals surface area (Å²) < 4.78 is 10.9. The minimum absolute atomic E-state index is 0.385. The largest absolute Gasteiger partial charge is 0.497 e. The monoisotopic (exact) mass is 405 g/mol. The van der Waals surface area contributed by atoms with Crippen LogP contribution in [0.2, 0.25) is 0 Å². The molecule has 2 aliphatic rings. The fourth-order valence-electron chi connectivity index (χ4n) is 5.07. The van der Waals surface area contributed by atoms with E-state index < -0.39 is 0 Å². The smallest absolute Gasteiger partial charge is 0.142 e. The minimum Gasteiger partial charge on any atom is -0.497 e. The van der Waals surface area contributed by atoms with Crippen LogP contribution in [-0.4, -0.2) is 51.3 Å². The van der Waals surface area contributed by atoms with Crippen LogP contribution in [0.5, 0.6) is 11.5 Å². The number of rotatable bonds is 5. The van der Waals surface area contributed by atoms with Gasteiger partial charge >= 0.3 is 0 Å². The summed E-state index contributed by atoms with van der Waals surface area (Å²) >= 11 is 0. The van der Waals surface area contributed by atoms with Crippen molar-refractivity contribution in [2.45, 2.75) is 37.1 Å². The number of nitrogens with zero attached hydrogens (tertiary/aromatic N) is 3. The highest BCUT2D eigenvalue weighted by atomic mass is 16.5. The van der Waals surface area contributed by atoms with Gasteiger partial charge in [-0.15, -0.1) is 0 Å². The molecule has 30 heavy (non-hydrogen) atoms. The Bertz CT molecular complexity index is 891. The SMILES string of the molecule is COc1cccc(C2(C#N)CCC(N3CCN(c4ccccc4OC)CC3)CC2)c1. The Kier molecular flexibility index (Phi) is 6.15. The van der Waals surface area contributed by atoms with E-state index in [9.17, 15) is 5.26 Å². The van der Waals surface area contributed by atoms with Gasteiger partial charge in [0.15, 0.2) is 0 Å². The first kappa shape index (κ1) is 20.6. The molecular formula is C25H31N3O2. The van der Waals surface area contributed by atoms with Crippen molar-refractivity contribution in [2.75, 3.05) is 45.3 Å². The summed E-state index contributed by atoms with van der Waals surface area (Å²) in [5.41, 5.74) is 1.90. The molecule has 2 aromatic carbocycles. The van der Waals surface area contributed by atoms with E-state index in [-0.39, 0.29) is 5.41 Å². The summed E-state index contributed by atoms with van der Waals surface area (Å²) in [4.78, 5) is 5.05. The Balaban J connectivity index is 1.37. The molecule has 2 aromatic rings. The first-order valence-electron chi connectivity index (χ1n) is 10.9. The van der Waals surface area contributed by atoms with Gasteiger partial charge in [0.25, 0.3) is 0 Å². The average Bonchev–Trinajstić information content (AvgIpc) is 2.84. The number of methoxy groups -OCH3 is 2. The second-order valence-electron chi connectivity index (χ2n) is 8.35. The zero-order valence-corrected chi connectivity index (χ0v) is 18.0. The van der Waals surface area contributed by atoms with E-state index >= 15 is 0 Å². The zero-order valence-electron chi connectivity index (χ0n) is 18.0. The third kappa shape index (κ3) is 3.97. The van der Waals surface area contributed by atoms with Crippen LogP contribution in [-0.2, 0) is 5.41 Å². The van der Waals surface area contributed by atoms with E-state index in [4.69, 9.17) is 9.47 Å². The lowest BCUT2D eigenvalue weighted by Gasteiger charge is -2.44. The first-order valence-corrected chi connectivity index (χ1v) is 10.9. The number of ether oxygens (including phenoxy) is 2. The van der Waals surface area contributed by atoms with E-state index in [1.165, 1.54) is 5.69 Å². The number of nitriles is 1. The van der Waals surface area contributed by atoms with Crippen LogP contribution in [0, 0.1) is 11.3 Å². The van der Waals surface area contributed by atoms with Gasteiger partial charge in [0.05, 0.1) is 31.4 Å². The molecule has 1 aliphatic carbocycles. The fraction of sp³-hybridized carbons (Fsp3) is 0.480. The fourth-order valence-corrected chi connectivity index (χ4v) is 5.07. The third-order valence-corrected chi connectivity index (χ3v) is 6.90. The summed E-state index contributed by atoms with van der Waals surface area (Å²) in [5.74, 6) is 1.78. The number of benzene rings is 2. The Morgan fingerprint density at radius 1 is 0.933 bits per heavy atom. The first-order chi connectivity index (χ1) is 14.7. The second kappa shape index (κ2) is 8.97. The Morgan fingerprint density at radius 3 is 2.33 bits per heavy atom. The molecule has 2 fully saturated rings. The summed E-state index contributed by atoms with van der Waals surface area (Å²) in [6, 6.07) is 19.5. The minimum atomic E-state index is -0.385. The molecule has 0 unspecified atom stereocenters. The summed E-state index contributed by atoms with van der Waals surface area (Å²) in [6.45, 7) is 4.13. The average molecular weight is 406 g/mol. The van der Waals surface area contributed by atoms with Gasteiger partial charge < -0.3 is 14.4 Å². The maximum Gasteiger partial charge on any atom is 0.142 e. The number of para-hydroxylation sites is 2. The molecule has 4 rings (SSSR count). The van der Waals surface area contributed by atoms with Crippen molar-refractivity contribution in [1.82, 2.24) is 4.90 Å². The van der Waals surface area contributed by atoms with Gasteiger partial charge in [-0.1, -0.05) is 24.3 Å². The lowest BCUT2D eigenvalue weighted by Crippen LogP contribution is -2.52. The maximum atomic E-state index is 10.0. The molecule has 0 amide bonds. The Labute approximate surface area is 179 Å². The molecule has 1 saturated heterocycles. The van der Waals surface area contributed by atoms with Crippen molar-refractivity contribution >= 4 is 5.69 Å². The summed E-state index contributed by atoms with van der Waals surface area (Å²) in [5, 5.41) is 10.0. The van der Waals surface area contributed by atoms with Gasteiger partial charge in [0.2, 0.25) is 0 Å². The van der Waals surface area contributed by atoms with Gasteiger partial charge in [-0.2, -0.15) is 5.26 Å². The highest BCUT2D eigenvalue weighted by Gasteiger charge is 2.39. The van der Waals surface area contributed by atoms with Crippen molar-refractivity contribution in [2.24, 2.45) is 0 Å². The molecule has 5 heteroatoms. The number of hydrogen-bond acceptors (Lipinski definition) is 5. The molecule has 0 aromatic heterocycles. The molecule has 0 radical (unpaired) electrons. The van der Waals surface area contributed by atoms with Crippen LogP contribution in [0.25, 0.3) is 0 Å². The molecule has 1 saturated carbocycles. The van der Waals surface area contributed by atoms with Crippen LogP contribution in [0.15, 0.2) is 48.5 Å². The predicted octanol–water partition coefficient (Wildman–Crippen LogP) is 4.23. The maximum absolute atomic E-state index is 10.0. The van der Waals surface area contributed by atoms with Crippen molar-refractivity contribution in [1.29, 1.82) is 5.26 Å². The lowest BCUT2D eigenvalue weighted by molar-refractivity contribution is 0.130. The van der Waals surface area contributed by atoms with Gasteiger partial charge in [-0.05, 0) is 55.5 Å². The van der Waals surface area contributed by atoms with Crippen molar-refractivity contribution < 1.29 is 9.47 Å². The highest BCUT2D eigenvalue weighted by molar-refractivity contribution is 5.58.